The van der Waals surface area contributed by atoms with E-state index in [1.807, 2.05) is 0 Å². The lowest BCUT2D eigenvalue weighted by Gasteiger charge is -2.27. The summed E-state index contributed by atoms with van der Waals surface area (Å²) < 4.78 is 5.26. The molecule has 0 atom stereocenters. The summed E-state index contributed by atoms with van der Waals surface area (Å²) in [6.07, 6.45) is 0. The molecule has 15 aromatic rings. The fourth-order valence-electron chi connectivity index (χ4n) is 12.7. The molecule has 4 heterocycles. The van der Waals surface area contributed by atoms with Gasteiger partial charge in [-0.25, -0.2) is 0 Å². The zero-order valence-electron chi connectivity index (χ0n) is 42.4. The molecule has 356 valence electrons. The van der Waals surface area contributed by atoms with Crippen molar-refractivity contribution in [3.05, 3.63) is 248 Å². The van der Waals surface area contributed by atoms with Gasteiger partial charge in [0.2, 0.25) is 0 Å². The predicted molar refractivity (Wildman–Crippen MR) is 324 cm³/mol. The average molecular weight is 977 g/mol. The Bertz CT molecular complexity index is 4650. The number of fused-ring (bicyclic) bond motifs is 12. The third-order valence-electron chi connectivity index (χ3n) is 15.9. The van der Waals surface area contributed by atoms with Crippen LogP contribution in [0.3, 0.4) is 0 Å². The zero-order chi connectivity index (χ0) is 50.1. The van der Waals surface area contributed by atoms with Gasteiger partial charge in [-0.05, 0) is 90.8 Å². The van der Waals surface area contributed by atoms with Crippen molar-refractivity contribution in [2.75, 3.05) is 9.80 Å². The molecule has 0 amide bonds. The highest BCUT2D eigenvalue weighted by Gasteiger charge is 2.32. The van der Waals surface area contributed by atoms with Crippen LogP contribution >= 0.6 is 0 Å². The third kappa shape index (κ3) is 6.35. The van der Waals surface area contributed by atoms with Gasteiger partial charge in [0.25, 0.3) is 0 Å². The van der Waals surface area contributed by atoms with Gasteiger partial charge in [-0.2, -0.15) is 0 Å². The Morgan fingerprint density at radius 1 is 0.307 bits per heavy atom. The molecule has 0 aliphatic rings. The summed E-state index contributed by atoms with van der Waals surface area (Å²) >= 11 is 0. The van der Waals surface area contributed by atoms with E-state index in [-0.39, 0.29) is 0 Å². The van der Waals surface area contributed by atoms with Crippen molar-refractivity contribution in [3.63, 3.8) is 0 Å². The van der Waals surface area contributed by atoms with Gasteiger partial charge in [0.1, 0.15) is 0 Å². The van der Waals surface area contributed by atoms with Crippen LogP contribution in [0.5, 0.6) is 0 Å². The predicted octanol–water partition coefficient (Wildman–Crippen LogP) is 19.1. The molecule has 5 heteroatoms. The molecule has 4 nitrogen and oxygen atoms in total. The lowest BCUT2D eigenvalue weighted by atomic mass is 9.89. The molecular weight excluding hydrogens is 925 g/mol. The number of aromatic nitrogens is 2. The largest absolute Gasteiger partial charge is 0.310 e. The quantitative estimate of drug-likeness (QED) is 0.134. The normalized spacial score (nSPS) is 12.3. The lowest BCUT2D eigenvalue weighted by molar-refractivity contribution is 1.29. The summed E-state index contributed by atoms with van der Waals surface area (Å²) in [4.78, 5) is 4.91. The summed E-state index contributed by atoms with van der Waals surface area (Å²) in [5.74, 6) is 0. The summed E-state index contributed by atoms with van der Waals surface area (Å²) in [7, 11) is -1.53. The number of aryl methyl sites for hydroxylation is 1. The molecular formula is C70H52N4Si. The molecule has 15 rings (SSSR count). The Hall–Kier alpha value is -9.16. The number of anilines is 6. The van der Waals surface area contributed by atoms with Gasteiger partial charge in [0.15, 0.2) is 0 Å². The van der Waals surface area contributed by atoms with E-state index in [1.165, 1.54) is 109 Å². The Morgan fingerprint density at radius 3 is 1.05 bits per heavy atom. The summed E-state index contributed by atoms with van der Waals surface area (Å²) in [5, 5.41) is 11.4. The van der Waals surface area contributed by atoms with E-state index in [9.17, 15) is 0 Å². The van der Waals surface area contributed by atoms with Crippen molar-refractivity contribution in [2.45, 2.75) is 26.6 Å². The van der Waals surface area contributed by atoms with Crippen molar-refractivity contribution < 1.29 is 0 Å². The smallest absolute Gasteiger partial charge is 0.0775 e. The maximum Gasteiger partial charge on any atom is 0.0775 e. The SMILES string of the molecule is Cc1ccc(N(c2ccccc2)c2cccc3c2c2cccc4c5c(-c6ccccc6)c6c(c(-c7ccccc7)c5n3c24)c2cccc3c4c(N(c5ccccc5)c5ccc([Si](C)(C)C)cc5)cccc4n6c32)cc1. The standard InChI is InChI=1S/C70H52N4Si/c1-45-37-39-50(40-38-45)71(48-25-13-7-14-26-48)57-33-19-35-59-63(57)53-29-17-31-55-65-62(47-23-11-6-12-24-47)70-66(61(46-21-9-5-10-22-46)69(65)73(59)67(53)55)56-32-18-30-54-64-58(34-20-36-60(64)74(70)68(54)56)72(49-27-15-8-16-28-49)51-41-43-52(44-42-51)75(2,3)4/h5-44H,1-4H3. The van der Waals surface area contributed by atoms with Crippen LogP contribution in [-0.4, -0.2) is 16.9 Å². The number of hydrogen-bond donors (Lipinski definition) is 0. The van der Waals surface area contributed by atoms with Crippen LogP contribution in [0.25, 0.3) is 98.4 Å². The first kappa shape index (κ1) is 43.4. The first-order chi connectivity index (χ1) is 36.8. The van der Waals surface area contributed by atoms with Crippen LogP contribution < -0.4 is 15.0 Å². The van der Waals surface area contributed by atoms with Gasteiger partial charge in [-0.3, -0.25) is 0 Å². The van der Waals surface area contributed by atoms with Crippen LogP contribution in [0.2, 0.25) is 19.6 Å². The minimum atomic E-state index is -1.53. The molecule has 0 fully saturated rings. The third-order valence-corrected chi connectivity index (χ3v) is 18.0. The molecule has 0 spiro atoms. The number of para-hydroxylation sites is 4. The molecule has 0 saturated carbocycles. The van der Waals surface area contributed by atoms with Crippen molar-refractivity contribution in [1.29, 1.82) is 0 Å². The summed E-state index contributed by atoms with van der Waals surface area (Å²) in [6.45, 7) is 9.43. The van der Waals surface area contributed by atoms with Gasteiger partial charge in [0, 0.05) is 77.0 Å². The Kier molecular flexibility index (Phi) is 9.51. The minimum Gasteiger partial charge on any atom is -0.310 e. The maximum absolute atomic E-state index is 2.63. The zero-order valence-corrected chi connectivity index (χ0v) is 43.4. The van der Waals surface area contributed by atoms with Crippen molar-refractivity contribution >= 4 is 124 Å². The van der Waals surface area contributed by atoms with E-state index < -0.39 is 8.07 Å². The lowest BCUT2D eigenvalue weighted by Crippen LogP contribution is -2.37. The molecule has 0 saturated heterocycles. The molecule has 0 N–H and O–H groups in total. The molecule has 0 unspecified atom stereocenters. The number of nitrogens with zero attached hydrogens (tertiary/aromatic N) is 4. The Balaban J connectivity index is 1.12. The second-order valence-corrected chi connectivity index (χ2v) is 26.4. The Labute approximate surface area is 436 Å². The van der Waals surface area contributed by atoms with E-state index in [1.54, 1.807) is 0 Å². The molecule has 0 bridgehead atoms. The van der Waals surface area contributed by atoms with Crippen LogP contribution in [0, 0.1) is 6.92 Å². The van der Waals surface area contributed by atoms with E-state index >= 15 is 0 Å². The van der Waals surface area contributed by atoms with Gasteiger partial charge in [-0.1, -0.05) is 200 Å². The van der Waals surface area contributed by atoms with Crippen molar-refractivity contribution in [1.82, 2.24) is 8.80 Å². The van der Waals surface area contributed by atoms with Gasteiger partial charge in [0.05, 0.1) is 52.5 Å². The molecule has 75 heavy (non-hydrogen) atoms. The molecule has 0 aliphatic carbocycles. The number of hydrogen-bond acceptors (Lipinski definition) is 2. The minimum absolute atomic E-state index is 1.12. The van der Waals surface area contributed by atoms with Crippen LogP contribution in [-0.2, 0) is 0 Å². The average Bonchev–Trinajstić information content (AvgIpc) is 4.28. The first-order valence-electron chi connectivity index (χ1n) is 26.2. The highest BCUT2D eigenvalue weighted by molar-refractivity contribution is 6.88. The topological polar surface area (TPSA) is 15.3 Å². The highest BCUT2D eigenvalue weighted by Crippen LogP contribution is 2.56. The van der Waals surface area contributed by atoms with Crippen molar-refractivity contribution in [2.24, 2.45) is 0 Å². The Morgan fingerprint density at radius 2 is 0.653 bits per heavy atom. The number of rotatable bonds is 9. The van der Waals surface area contributed by atoms with E-state index in [0.29, 0.717) is 0 Å². The second kappa shape index (κ2) is 16.4. The monoisotopic (exact) mass is 976 g/mol. The van der Waals surface area contributed by atoms with Gasteiger partial charge >= 0.3 is 0 Å². The molecule has 0 radical (unpaired) electrons. The summed E-state index contributed by atoms with van der Waals surface area (Å²) in [6, 6.07) is 90.3. The fraction of sp³-hybridized carbons (Fsp3) is 0.0571. The van der Waals surface area contributed by atoms with E-state index in [2.05, 4.69) is 288 Å². The van der Waals surface area contributed by atoms with Crippen LogP contribution in [0.4, 0.5) is 34.1 Å². The van der Waals surface area contributed by atoms with E-state index in [4.69, 9.17) is 0 Å². The number of benzene rings is 11. The van der Waals surface area contributed by atoms with Crippen molar-refractivity contribution in [3.8, 4) is 22.3 Å². The summed E-state index contributed by atoms with van der Waals surface area (Å²) in [5.41, 5.74) is 20.2. The molecule has 4 aromatic heterocycles. The maximum atomic E-state index is 2.63. The van der Waals surface area contributed by atoms with Crippen LogP contribution in [0.15, 0.2) is 243 Å². The fourth-order valence-corrected chi connectivity index (χ4v) is 13.9. The second-order valence-electron chi connectivity index (χ2n) is 21.3. The van der Waals surface area contributed by atoms with Gasteiger partial charge < -0.3 is 18.6 Å². The first-order valence-corrected chi connectivity index (χ1v) is 29.7. The molecule has 11 aromatic carbocycles. The van der Waals surface area contributed by atoms with E-state index in [0.717, 1.165) is 34.1 Å². The molecule has 0 aliphatic heterocycles. The van der Waals surface area contributed by atoms with Gasteiger partial charge in [-0.15, -0.1) is 0 Å². The highest BCUT2D eigenvalue weighted by atomic mass is 28.3. The van der Waals surface area contributed by atoms with Crippen LogP contribution in [0.1, 0.15) is 5.56 Å².